The Kier molecular flexibility index (Phi) is 3.92. The van der Waals surface area contributed by atoms with Gasteiger partial charge >= 0.3 is 0 Å². The number of hydrazone groups is 1. The van der Waals surface area contributed by atoms with Crippen LogP contribution in [0, 0.1) is 0 Å². The average molecular weight is 328 g/mol. The number of benzene rings is 2. The summed E-state index contributed by atoms with van der Waals surface area (Å²) in [6.07, 6.45) is 1.55. The molecule has 0 radical (unpaired) electrons. The molecule has 0 saturated carbocycles. The van der Waals surface area contributed by atoms with E-state index in [1.165, 1.54) is 11.1 Å². The standard InChI is InChI=1S/C19H16N6/c1-14(21-22-18-11-12-19-23-20-13-25(19)24-18)15-7-9-17(10-8-15)16-5-3-2-4-6-16/h2-13H,1H3,(H,22,24). The molecule has 1 N–H and O–H groups in total. The normalized spacial score (nSPS) is 11.6. The van der Waals surface area contributed by atoms with Crippen LogP contribution >= 0.6 is 0 Å². The topological polar surface area (TPSA) is 67.5 Å². The summed E-state index contributed by atoms with van der Waals surface area (Å²) in [6.45, 7) is 1.96. The molecule has 0 saturated heterocycles. The molecule has 0 atom stereocenters. The SMILES string of the molecule is CC(=NNc1ccc2nncn2n1)c1ccc(-c2ccccc2)cc1. The lowest BCUT2D eigenvalue weighted by molar-refractivity contribution is 0.924. The highest BCUT2D eigenvalue weighted by Gasteiger charge is 2.02. The summed E-state index contributed by atoms with van der Waals surface area (Å²) in [5.74, 6) is 0.632. The minimum Gasteiger partial charge on any atom is -0.260 e. The molecule has 0 fully saturated rings. The van der Waals surface area contributed by atoms with E-state index in [0.717, 1.165) is 11.3 Å². The van der Waals surface area contributed by atoms with E-state index >= 15 is 0 Å². The molecule has 2 aromatic carbocycles. The van der Waals surface area contributed by atoms with Crippen molar-refractivity contribution in [2.45, 2.75) is 6.92 Å². The summed E-state index contributed by atoms with van der Waals surface area (Å²) >= 11 is 0. The van der Waals surface area contributed by atoms with Gasteiger partial charge in [-0.1, -0.05) is 54.6 Å². The zero-order valence-corrected chi connectivity index (χ0v) is 13.7. The van der Waals surface area contributed by atoms with Crippen LogP contribution in [0.15, 0.2) is 78.2 Å². The smallest absolute Gasteiger partial charge is 0.177 e. The van der Waals surface area contributed by atoms with Crippen LogP contribution in [0.25, 0.3) is 16.8 Å². The van der Waals surface area contributed by atoms with Crippen molar-refractivity contribution < 1.29 is 0 Å². The number of nitrogens with zero attached hydrogens (tertiary/aromatic N) is 5. The van der Waals surface area contributed by atoms with Gasteiger partial charge in [0.15, 0.2) is 11.5 Å². The van der Waals surface area contributed by atoms with E-state index in [0.29, 0.717) is 11.5 Å². The second kappa shape index (κ2) is 6.52. The number of aromatic nitrogens is 4. The molecule has 0 aliphatic carbocycles. The van der Waals surface area contributed by atoms with Gasteiger partial charge in [-0.25, -0.2) is 0 Å². The molecule has 122 valence electrons. The van der Waals surface area contributed by atoms with Crippen molar-refractivity contribution >= 4 is 17.2 Å². The highest BCUT2D eigenvalue weighted by atomic mass is 15.4. The van der Waals surface area contributed by atoms with Crippen molar-refractivity contribution in [3.63, 3.8) is 0 Å². The molecule has 0 bridgehead atoms. The summed E-state index contributed by atoms with van der Waals surface area (Å²) < 4.78 is 1.60. The predicted octanol–water partition coefficient (Wildman–Crippen LogP) is 3.63. The third-order valence-corrected chi connectivity index (χ3v) is 3.91. The van der Waals surface area contributed by atoms with E-state index in [9.17, 15) is 0 Å². The molecule has 25 heavy (non-hydrogen) atoms. The number of nitrogens with one attached hydrogen (secondary N) is 1. The van der Waals surface area contributed by atoms with Crippen LogP contribution in [0.3, 0.4) is 0 Å². The van der Waals surface area contributed by atoms with Gasteiger partial charge in [0.05, 0.1) is 5.71 Å². The third-order valence-electron chi connectivity index (χ3n) is 3.91. The van der Waals surface area contributed by atoms with E-state index in [1.54, 1.807) is 10.8 Å². The maximum atomic E-state index is 4.41. The highest BCUT2D eigenvalue weighted by Crippen LogP contribution is 2.19. The Labute approximate surface area is 144 Å². The lowest BCUT2D eigenvalue weighted by Crippen LogP contribution is -2.02. The van der Waals surface area contributed by atoms with Crippen molar-refractivity contribution in [1.82, 2.24) is 19.8 Å². The van der Waals surface area contributed by atoms with Crippen molar-refractivity contribution in [1.29, 1.82) is 0 Å². The van der Waals surface area contributed by atoms with Crippen LogP contribution in [0.5, 0.6) is 0 Å². The van der Waals surface area contributed by atoms with Gasteiger partial charge in [-0.05, 0) is 35.7 Å². The molecule has 6 heteroatoms. The first kappa shape index (κ1) is 15.0. The van der Waals surface area contributed by atoms with Gasteiger partial charge in [-0.2, -0.15) is 9.62 Å². The van der Waals surface area contributed by atoms with Gasteiger partial charge in [0.2, 0.25) is 0 Å². The summed E-state index contributed by atoms with van der Waals surface area (Å²) in [5, 5.41) is 16.5. The molecule has 2 heterocycles. The zero-order chi connectivity index (χ0) is 17.1. The van der Waals surface area contributed by atoms with Crippen molar-refractivity contribution in [3.05, 3.63) is 78.6 Å². The highest BCUT2D eigenvalue weighted by molar-refractivity contribution is 5.99. The number of fused-ring (bicyclic) bond motifs is 1. The monoisotopic (exact) mass is 328 g/mol. The van der Waals surface area contributed by atoms with Crippen molar-refractivity contribution in [2.75, 3.05) is 5.43 Å². The molecule has 4 aromatic rings. The Bertz CT molecular complexity index is 1020. The van der Waals surface area contributed by atoms with Crippen LogP contribution in [0.1, 0.15) is 12.5 Å². The van der Waals surface area contributed by atoms with E-state index in [4.69, 9.17) is 0 Å². The molecular weight excluding hydrogens is 312 g/mol. The molecular formula is C19H16N6. The van der Waals surface area contributed by atoms with Gasteiger partial charge in [-0.15, -0.1) is 15.3 Å². The molecule has 4 rings (SSSR count). The molecule has 0 amide bonds. The Morgan fingerprint density at radius 3 is 2.48 bits per heavy atom. The molecule has 0 spiro atoms. The maximum Gasteiger partial charge on any atom is 0.177 e. The minimum absolute atomic E-state index is 0.632. The Balaban J connectivity index is 1.51. The molecule has 0 aliphatic rings. The molecule has 0 unspecified atom stereocenters. The molecule has 6 nitrogen and oxygen atoms in total. The van der Waals surface area contributed by atoms with Gasteiger partial charge < -0.3 is 0 Å². The predicted molar refractivity (Wildman–Crippen MR) is 98.5 cm³/mol. The summed E-state index contributed by atoms with van der Waals surface area (Å²) in [6, 6.07) is 22.3. The van der Waals surface area contributed by atoms with Gasteiger partial charge in [0.1, 0.15) is 6.33 Å². The van der Waals surface area contributed by atoms with E-state index < -0.39 is 0 Å². The lowest BCUT2D eigenvalue weighted by atomic mass is 10.0. The van der Waals surface area contributed by atoms with E-state index in [1.807, 2.05) is 37.3 Å². The second-order valence-corrected chi connectivity index (χ2v) is 5.60. The lowest BCUT2D eigenvalue weighted by Gasteiger charge is -2.05. The number of hydrogen-bond donors (Lipinski definition) is 1. The van der Waals surface area contributed by atoms with Crippen molar-refractivity contribution in [2.24, 2.45) is 5.10 Å². The first-order valence-electron chi connectivity index (χ1n) is 7.93. The Hall–Kier alpha value is -3.54. The summed E-state index contributed by atoms with van der Waals surface area (Å²) in [7, 11) is 0. The molecule has 2 aromatic heterocycles. The number of rotatable bonds is 4. The van der Waals surface area contributed by atoms with Crippen LogP contribution in [-0.4, -0.2) is 25.5 Å². The maximum absolute atomic E-state index is 4.41. The Morgan fingerprint density at radius 2 is 1.68 bits per heavy atom. The largest absolute Gasteiger partial charge is 0.260 e. The van der Waals surface area contributed by atoms with Crippen molar-refractivity contribution in [3.8, 4) is 11.1 Å². The van der Waals surface area contributed by atoms with Gasteiger partial charge in [0, 0.05) is 0 Å². The fourth-order valence-electron chi connectivity index (χ4n) is 2.53. The summed E-state index contributed by atoms with van der Waals surface area (Å²) in [5.41, 5.74) is 7.99. The van der Waals surface area contributed by atoms with Crippen LogP contribution in [0.2, 0.25) is 0 Å². The van der Waals surface area contributed by atoms with Crippen LogP contribution in [-0.2, 0) is 0 Å². The quantitative estimate of drug-likeness (QED) is 0.459. The van der Waals surface area contributed by atoms with E-state index in [2.05, 4.69) is 62.2 Å². The number of hydrogen-bond acceptors (Lipinski definition) is 5. The second-order valence-electron chi connectivity index (χ2n) is 5.60. The fraction of sp³-hybridized carbons (Fsp3) is 0.0526. The first-order chi connectivity index (χ1) is 12.3. The number of anilines is 1. The first-order valence-corrected chi connectivity index (χ1v) is 7.93. The minimum atomic E-state index is 0.632. The van der Waals surface area contributed by atoms with Crippen LogP contribution < -0.4 is 5.43 Å². The Morgan fingerprint density at radius 1 is 0.920 bits per heavy atom. The fourth-order valence-corrected chi connectivity index (χ4v) is 2.53. The van der Waals surface area contributed by atoms with Gasteiger partial charge in [-0.3, -0.25) is 5.43 Å². The average Bonchev–Trinajstić information content (AvgIpc) is 3.15. The van der Waals surface area contributed by atoms with Gasteiger partial charge in [0.25, 0.3) is 0 Å². The van der Waals surface area contributed by atoms with E-state index in [-0.39, 0.29) is 0 Å². The third kappa shape index (κ3) is 3.23. The summed E-state index contributed by atoms with van der Waals surface area (Å²) in [4.78, 5) is 0. The zero-order valence-electron chi connectivity index (χ0n) is 13.7. The van der Waals surface area contributed by atoms with Crippen LogP contribution in [0.4, 0.5) is 5.82 Å². The molecule has 0 aliphatic heterocycles.